The second-order valence-electron chi connectivity index (χ2n) is 7.39. The highest BCUT2D eigenvalue weighted by molar-refractivity contribution is 7.12. The van der Waals surface area contributed by atoms with Crippen molar-refractivity contribution >= 4 is 23.2 Å². The number of rotatable bonds is 6. The molecule has 1 unspecified atom stereocenters. The molecule has 1 atom stereocenters. The molecule has 1 aliphatic rings. The number of ether oxygens (including phenoxy) is 1. The topological polar surface area (TPSA) is 74.8 Å². The van der Waals surface area contributed by atoms with E-state index in [1.54, 1.807) is 7.05 Å². The third kappa shape index (κ3) is 5.25. The van der Waals surface area contributed by atoms with Crippen molar-refractivity contribution in [1.82, 2.24) is 16.0 Å². The summed E-state index contributed by atoms with van der Waals surface area (Å²) in [7, 11) is 1.77. The zero-order valence-electron chi connectivity index (χ0n) is 16.6. The highest BCUT2D eigenvalue weighted by Crippen LogP contribution is 2.39. The maximum atomic E-state index is 11.9. The SMILES string of the molecule is CN=C(NCCCNC(=O)c1cccs1)NC1CC(C)(C)Oc2ccccc21. The summed E-state index contributed by atoms with van der Waals surface area (Å²) in [4.78, 5) is 17.0. The fourth-order valence-corrected chi connectivity index (χ4v) is 3.92. The van der Waals surface area contributed by atoms with Crippen molar-refractivity contribution in [2.45, 2.75) is 38.3 Å². The number of nitrogens with one attached hydrogen (secondary N) is 3. The van der Waals surface area contributed by atoms with Gasteiger partial charge in [0.2, 0.25) is 0 Å². The van der Waals surface area contributed by atoms with Crippen molar-refractivity contribution in [2.75, 3.05) is 20.1 Å². The van der Waals surface area contributed by atoms with E-state index in [2.05, 4.69) is 40.9 Å². The van der Waals surface area contributed by atoms with E-state index in [0.29, 0.717) is 6.54 Å². The number of fused-ring (bicyclic) bond motifs is 1. The summed E-state index contributed by atoms with van der Waals surface area (Å²) in [6, 6.07) is 12.0. The molecule has 1 amide bonds. The largest absolute Gasteiger partial charge is 0.487 e. The average molecular weight is 401 g/mol. The second kappa shape index (κ2) is 9.10. The number of amides is 1. The highest BCUT2D eigenvalue weighted by atomic mass is 32.1. The Morgan fingerprint density at radius 1 is 1.21 bits per heavy atom. The summed E-state index contributed by atoms with van der Waals surface area (Å²) in [5, 5.41) is 11.7. The molecule has 6 nitrogen and oxygen atoms in total. The molecular formula is C21H28N4O2S. The molecule has 7 heteroatoms. The molecular weight excluding hydrogens is 372 g/mol. The maximum absolute atomic E-state index is 11.9. The fourth-order valence-electron chi connectivity index (χ4n) is 3.28. The summed E-state index contributed by atoms with van der Waals surface area (Å²) < 4.78 is 6.09. The van der Waals surface area contributed by atoms with E-state index in [4.69, 9.17) is 4.74 Å². The minimum absolute atomic E-state index is 0.0152. The van der Waals surface area contributed by atoms with Crippen molar-refractivity contribution in [3.05, 3.63) is 52.2 Å². The van der Waals surface area contributed by atoms with Gasteiger partial charge in [-0.2, -0.15) is 0 Å². The van der Waals surface area contributed by atoms with Crippen LogP contribution in [0.2, 0.25) is 0 Å². The first-order valence-corrected chi connectivity index (χ1v) is 10.4. The summed E-state index contributed by atoms with van der Waals surface area (Å²) >= 11 is 1.45. The van der Waals surface area contributed by atoms with E-state index in [9.17, 15) is 4.79 Å². The molecule has 3 N–H and O–H groups in total. The van der Waals surface area contributed by atoms with Crippen molar-refractivity contribution in [3.63, 3.8) is 0 Å². The van der Waals surface area contributed by atoms with Gasteiger partial charge >= 0.3 is 0 Å². The van der Waals surface area contributed by atoms with Gasteiger partial charge in [0.1, 0.15) is 11.4 Å². The molecule has 150 valence electrons. The normalized spacial score (nSPS) is 18.0. The van der Waals surface area contributed by atoms with Crippen molar-refractivity contribution in [3.8, 4) is 5.75 Å². The molecule has 28 heavy (non-hydrogen) atoms. The second-order valence-corrected chi connectivity index (χ2v) is 8.33. The van der Waals surface area contributed by atoms with Crippen LogP contribution in [-0.4, -0.2) is 37.6 Å². The lowest BCUT2D eigenvalue weighted by Crippen LogP contribution is -2.45. The minimum Gasteiger partial charge on any atom is -0.487 e. The molecule has 0 spiro atoms. The molecule has 0 saturated heterocycles. The number of carbonyl (C=O) groups is 1. The number of guanidine groups is 1. The van der Waals surface area contributed by atoms with Crippen LogP contribution < -0.4 is 20.7 Å². The van der Waals surface area contributed by atoms with Gasteiger partial charge in [-0.05, 0) is 37.8 Å². The van der Waals surface area contributed by atoms with Crippen LogP contribution in [0.25, 0.3) is 0 Å². The number of carbonyl (C=O) groups excluding carboxylic acids is 1. The molecule has 2 aromatic rings. The Labute approximate surface area is 170 Å². The molecule has 0 fully saturated rings. The zero-order chi connectivity index (χ0) is 20.0. The summed E-state index contributed by atoms with van der Waals surface area (Å²) in [5.74, 6) is 1.66. The predicted molar refractivity (Wildman–Crippen MR) is 114 cm³/mol. The molecule has 3 rings (SSSR count). The maximum Gasteiger partial charge on any atom is 0.261 e. The van der Waals surface area contributed by atoms with Gasteiger partial charge in [0.25, 0.3) is 5.91 Å². The molecule has 0 bridgehead atoms. The number of hydrogen-bond donors (Lipinski definition) is 3. The first-order chi connectivity index (χ1) is 13.5. The van der Waals surface area contributed by atoms with Crippen LogP contribution >= 0.6 is 11.3 Å². The van der Waals surface area contributed by atoms with Crippen molar-refractivity contribution in [1.29, 1.82) is 0 Å². The number of thiophene rings is 1. The molecule has 2 heterocycles. The Bertz CT molecular complexity index is 818. The molecule has 0 saturated carbocycles. The number of hydrogen-bond acceptors (Lipinski definition) is 4. The average Bonchev–Trinajstić information content (AvgIpc) is 3.20. The quantitative estimate of drug-likeness (QED) is 0.395. The third-order valence-corrected chi connectivity index (χ3v) is 5.46. The van der Waals surface area contributed by atoms with Crippen LogP contribution in [0.4, 0.5) is 0 Å². The lowest BCUT2D eigenvalue weighted by atomic mass is 9.90. The van der Waals surface area contributed by atoms with Crippen molar-refractivity contribution < 1.29 is 9.53 Å². The smallest absolute Gasteiger partial charge is 0.261 e. The number of aliphatic imine (C=N–C) groups is 1. The Kier molecular flexibility index (Phi) is 6.57. The molecule has 1 aromatic carbocycles. The highest BCUT2D eigenvalue weighted by Gasteiger charge is 2.33. The van der Waals surface area contributed by atoms with Crippen LogP contribution in [-0.2, 0) is 0 Å². The number of nitrogens with zero attached hydrogens (tertiary/aromatic N) is 1. The van der Waals surface area contributed by atoms with E-state index in [1.165, 1.54) is 11.3 Å². The zero-order valence-corrected chi connectivity index (χ0v) is 17.4. The van der Waals surface area contributed by atoms with Crippen LogP contribution in [0.1, 0.15) is 48.0 Å². The van der Waals surface area contributed by atoms with E-state index >= 15 is 0 Å². The first-order valence-electron chi connectivity index (χ1n) is 9.55. The summed E-state index contributed by atoms with van der Waals surface area (Å²) in [5.41, 5.74) is 0.907. The Hall–Kier alpha value is -2.54. The lowest BCUT2D eigenvalue weighted by Gasteiger charge is -2.38. The Morgan fingerprint density at radius 3 is 2.75 bits per heavy atom. The molecule has 1 aliphatic heterocycles. The van der Waals surface area contributed by atoms with E-state index < -0.39 is 0 Å². The van der Waals surface area contributed by atoms with Gasteiger partial charge in [0.05, 0.1) is 10.9 Å². The van der Waals surface area contributed by atoms with Gasteiger partial charge in [-0.1, -0.05) is 24.3 Å². The summed E-state index contributed by atoms with van der Waals surface area (Å²) in [6.45, 7) is 5.54. The van der Waals surface area contributed by atoms with Gasteiger partial charge in [-0.15, -0.1) is 11.3 Å². The van der Waals surface area contributed by atoms with E-state index in [-0.39, 0.29) is 17.6 Å². The minimum atomic E-state index is -0.239. The number of para-hydroxylation sites is 1. The van der Waals surface area contributed by atoms with Gasteiger partial charge in [-0.3, -0.25) is 9.79 Å². The van der Waals surface area contributed by atoms with Gasteiger partial charge in [0, 0.05) is 32.1 Å². The van der Waals surface area contributed by atoms with Crippen LogP contribution in [0.3, 0.4) is 0 Å². The Balaban J connectivity index is 1.48. The number of benzene rings is 1. The lowest BCUT2D eigenvalue weighted by molar-refractivity contribution is 0.0694. The van der Waals surface area contributed by atoms with Crippen molar-refractivity contribution in [2.24, 2.45) is 4.99 Å². The third-order valence-electron chi connectivity index (χ3n) is 4.59. The first kappa shape index (κ1) is 20.2. The molecule has 0 aliphatic carbocycles. The molecule has 0 radical (unpaired) electrons. The summed E-state index contributed by atoms with van der Waals surface area (Å²) in [6.07, 6.45) is 1.66. The van der Waals surface area contributed by atoms with Gasteiger partial charge in [-0.25, -0.2) is 0 Å². The fraction of sp³-hybridized carbons (Fsp3) is 0.429. The van der Waals surface area contributed by atoms with Crippen LogP contribution in [0.15, 0.2) is 46.8 Å². The van der Waals surface area contributed by atoms with Gasteiger partial charge < -0.3 is 20.7 Å². The van der Waals surface area contributed by atoms with Crippen LogP contribution in [0, 0.1) is 0 Å². The van der Waals surface area contributed by atoms with Gasteiger partial charge in [0.15, 0.2) is 5.96 Å². The Morgan fingerprint density at radius 2 is 2.00 bits per heavy atom. The molecule has 1 aromatic heterocycles. The van der Waals surface area contributed by atoms with Crippen LogP contribution in [0.5, 0.6) is 5.75 Å². The monoisotopic (exact) mass is 400 g/mol. The standard InChI is InChI=1S/C21H28N4O2S/c1-21(2)14-16(15-8-4-5-9-17(15)27-21)25-20(22-3)24-12-7-11-23-19(26)18-10-6-13-28-18/h4-6,8-10,13,16H,7,11-12,14H2,1-3H3,(H,23,26)(H2,22,24,25). The predicted octanol–water partition coefficient (Wildman–Crippen LogP) is 3.34. The van der Waals surface area contributed by atoms with E-state index in [0.717, 1.165) is 41.5 Å². The van der Waals surface area contributed by atoms with E-state index in [1.807, 2.05) is 35.7 Å².